The first-order chi connectivity index (χ1) is 14.1. The quantitative estimate of drug-likeness (QED) is 0.538. The first-order valence-corrected chi connectivity index (χ1v) is 8.86. The SMILES string of the molecule is Cc1nc(Nc2ccc(NC(=O)c3cccc(F)c3)cc2)cc(-n2cccn2)n1. The van der Waals surface area contributed by atoms with E-state index in [9.17, 15) is 9.18 Å². The summed E-state index contributed by atoms with van der Waals surface area (Å²) >= 11 is 0. The molecule has 0 atom stereocenters. The predicted molar refractivity (Wildman–Crippen MR) is 108 cm³/mol. The highest BCUT2D eigenvalue weighted by molar-refractivity contribution is 6.04. The van der Waals surface area contributed by atoms with Crippen molar-refractivity contribution >= 4 is 23.1 Å². The standard InChI is InChI=1S/C21H17FN6O/c1-14-24-19(13-20(25-14)28-11-3-10-23-28)26-17-6-8-18(9-7-17)27-21(29)15-4-2-5-16(22)12-15/h2-13H,1H3,(H,27,29)(H,24,25,26). The first kappa shape index (κ1) is 18.3. The fraction of sp³-hybridized carbons (Fsp3) is 0.0476. The predicted octanol–water partition coefficient (Wildman–Crippen LogP) is 4.11. The molecule has 29 heavy (non-hydrogen) atoms. The van der Waals surface area contributed by atoms with Crippen molar-refractivity contribution in [2.45, 2.75) is 6.92 Å². The number of aryl methyl sites for hydroxylation is 1. The van der Waals surface area contributed by atoms with E-state index in [1.165, 1.54) is 18.2 Å². The van der Waals surface area contributed by atoms with E-state index in [-0.39, 0.29) is 11.5 Å². The zero-order valence-electron chi connectivity index (χ0n) is 15.5. The molecule has 8 heteroatoms. The molecule has 0 unspecified atom stereocenters. The van der Waals surface area contributed by atoms with Crippen LogP contribution in [-0.4, -0.2) is 25.7 Å². The average molecular weight is 388 g/mol. The fourth-order valence-electron chi connectivity index (χ4n) is 2.76. The zero-order chi connectivity index (χ0) is 20.2. The van der Waals surface area contributed by atoms with Gasteiger partial charge in [0.15, 0.2) is 5.82 Å². The summed E-state index contributed by atoms with van der Waals surface area (Å²) < 4.78 is 14.9. The van der Waals surface area contributed by atoms with Gasteiger partial charge < -0.3 is 10.6 Å². The Morgan fingerprint density at radius 3 is 2.52 bits per heavy atom. The number of rotatable bonds is 5. The molecule has 2 N–H and O–H groups in total. The van der Waals surface area contributed by atoms with Gasteiger partial charge >= 0.3 is 0 Å². The van der Waals surface area contributed by atoms with E-state index in [1.54, 1.807) is 35.1 Å². The van der Waals surface area contributed by atoms with Crippen molar-refractivity contribution < 1.29 is 9.18 Å². The molecule has 0 aliphatic heterocycles. The van der Waals surface area contributed by atoms with E-state index in [0.717, 1.165) is 5.69 Å². The van der Waals surface area contributed by atoms with Gasteiger partial charge in [-0.2, -0.15) is 5.10 Å². The third kappa shape index (κ3) is 4.44. The van der Waals surface area contributed by atoms with Gasteiger partial charge in [0.1, 0.15) is 17.5 Å². The Balaban J connectivity index is 1.47. The van der Waals surface area contributed by atoms with E-state index in [2.05, 4.69) is 25.7 Å². The van der Waals surface area contributed by atoms with Crippen LogP contribution in [0.3, 0.4) is 0 Å². The maximum atomic E-state index is 13.3. The van der Waals surface area contributed by atoms with Crippen molar-refractivity contribution in [3.05, 3.63) is 90.3 Å². The fourth-order valence-corrected chi connectivity index (χ4v) is 2.76. The number of aromatic nitrogens is 4. The number of benzene rings is 2. The van der Waals surface area contributed by atoms with Crippen LogP contribution in [0.5, 0.6) is 0 Å². The van der Waals surface area contributed by atoms with Crippen molar-refractivity contribution in [1.82, 2.24) is 19.7 Å². The van der Waals surface area contributed by atoms with Crippen LogP contribution in [-0.2, 0) is 0 Å². The number of amides is 1. The van der Waals surface area contributed by atoms with E-state index in [0.29, 0.717) is 23.1 Å². The maximum absolute atomic E-state index is 13.3. The highest BCUT2D eigenvalue weighted by atomic mass is 19.1. The summed E-state index contributed by atoms with van der Waals surface area (Å²) in [6.45, 7) is 1.81. The molecule has 4 aromatic rings. The third-order valence-corrected chi connectivity index (χ3v) is 4.07. The summed E-state index contributed by atoms with van der Waals surface area (Å²) in [5.74, 6) is 1.07. The van der Waals surface area contributed by atoms with Gasteiger partial charge in [0, 0.05) is 35.4 Å². The molecule has 144 valence electrons. The maximum Gasteiger partial charge on any atom is 0.255 e. The van der Waals surface area contributed by atoms with E-state index in [1.807, 2.05) is 31.3 Å². The second-order valence-corrected chi connectivity index (χ2v) is 6.28. The number of nitrogens with one attached hydrogen (secondary N) is 2. The van der Waals surface area contributed by atoms with Gasteiger partial charge in [-0.25, -0.2) is 19.0 Å². The summed E-state index contributed by atoms with van der Waals surface area (Å²) in [7, 11) is 0. The number of hydrogen-bond acceptors (Lipinski definition) is 5. The Kier molecular flexibility index (Phi) is 4.98. The molecule has 4 rings (SSSR count). The summed E-state index contributed by atoms with van der Waals surface area (Å²) in [5, 5.41) is 10.1. The molecule has 2 heterocycles. The summed E-state index contributed by atoms with van der Waals surface area (Å²) in [6.07, 6.45) is 3.49. The molecule has 0 bridgehead atoms. The van der Waals surface area contributed by atoms with Crippen molar-refractivity contribution in [3.8, 4) is 5.82 Å². The zero-order valence-corrected chi connectivity index (χ0v) is 15.5. The summed E-state index contributed by atoms with van der Waals surface area (Å²) in [4.78, 5) is 21.0. The molecule has 0 aliphatic rings. The summed E-state index contributed by atoms with van der Waals surface area (Å²) in [6, 6.07) is 16.3. The van der Waals surface area contributed by atoms with Crippen LogP contribution in [0.4, 0.5) is 21.6 Å². The molecular formula is C21H17FN6O. The summed E-state index contributed by atoms with van der Waals surface area (Å²) in [5.41, 5.74) is 1.65. The molecule has 0 saturated carbocycles. The molecule has 0 spiro atoms. The highest BCUT2D eigenvalue weighted by Gasteiger charge is 2.08. The molecule has 0 fully saturated rings. The Hall–Kier alpha value is -4.07. The highest BCUT2D eigenvalue weighted by Crippen LogP contribution is 2.20. The Morgan fingerprint density at radius 1 is 1.00 bits per heavy atom. The van der Waals surface area contributed by atoms with Crippen LogP contribution < -0.4 is 10.6 Å². The molecule has 0 aliphatic carbocycles. The van der Waals surface area contributed by atoms with Gasteiger partial charge in [0.25, 0.3) is 5.91 Å². The minimum Gasteiger partial charge on any atom is -0.340 e. The van der Waals surface area contributed by atoms with Crippen molar-refractivity contribution in [1.29, 1.82) is 0 Å². The topological polar surface area (TPSA) is 84.7 Å². The molecule has 0 saturated heterocycles. The molecule has 1 amide bonds. The second-order valence-electron chi connectivity index (χ2n) is 6.28. The van der Waals surface area contributed by atoms with E-state index in [4.69, 9.17) is 0 Å². The second kappa shape index (κ2) is 7.89. The van der Waals surface area contributed by atoms with Crippen molar-refractivity contribution in [3.63, 3.8) is 0 Å². The number of carbonyl (C=O) groups excluding carboxylic acids is 1. The minimum atomic E-state index is -0.452. The number of hydrogen-bond donors (Lipinski definition) is 2. The van der Waals surface area contributed by atoms with Crippen molar-refractivity contribution in [2.24, 2.45) is 0 Å². The normalized spacial score (nSPS) is 10.6. The minimum absolute atomic E-state index is 0.259. The number of nitrogens with zero attached hydrogens (tertiary/aromatic N) is 4. The molecular weight excluding hydrogens is 371 g/mol. The largest absolute Gasteiger partial charge is 0.340 e. The Bertz CT molecular complexity index is 1140. The molecule has 2 aromatic carbocycles. The molecule has 2 aromatic heterocycles. The lowest BCUT2D eigenvalue weighted by Crippen LogP contribution is -2.12. The molecule has 0 radical (unpaired) electrons. The lowest BCUT2D eigenvalue weighted by Gasteiger charge is -2.10. The van der Waals surface area contributed by atoms with Gasteiger partial charge in [-0.15, -0.1) is 0 Å². The third-order valence-electron chi connectivity index (χ3n) is 4.07. The Morgan fingerprint density at radius 2 is 1.79 bits per heavy atom. The van der Waals surface area contributed by atoms with E-state index < -0.39 is 5.82 Å². The van der Waals surface area contributed by atoms with Crippen LogP contribution in [0.2, 0.25) is 0 Å². The Labute approximate surface area is 166 Å². The van der Waals surface area contributed by atoms with Crippen LogP contribution in [0, 0.1) is 12.7 Å². The van der Waals surface area contributed by atoms with Crippen molar-refractivity contribution in [2.75, 3.05) is 10.6 Å². The van der Waals surface area contributed by atoms with Gasteiger partial charge in [0.2, 0.25) is 0 Å². The smallest absolute Gasteiger partial charge is 0.255 e. The lowest BCUT2D eigenvalue weighted by molar-refractivity contribution is 0.102. The van der Waals surface area contributed by atoms with Gasteiger partial charge in [-0.3, -0.25) is 4.79 Å². The molecule has 7 nitrogen and oxygen atoms in total. The van der Waals surface area contributed by atoms with Gasteiger partial charge in [-0.1, -0.05) is 6.07 Å². The number of halogens is 1. The number of anilines is 3. The van der Waals surface area contributed by atoms with Crippen LogP contribution in [0.1, 0.15) is 16.2 Å². The van der Waals surface area contributed by atoms with Gasteiger partial charge in [-0.05, 0) is 55.5 Å². The first-order valence-electron chi connectivity index (χ1n) is 8.86. The number of carbonyl (C=O) groups is 1. The van der Waals surface area contributed by atoms with E-state index >= 15 is 0 Å². The monoisotopic (exact) mass is 388 g/mol. The van der Waals surface area contributed by atoms with Crippen LogP contribution in [0.25, 0.3) is 5.82 Å². The lowest BCUT2D eigenvalue weighted by atomic mass is 10.2. The van der Waals surface area contributed by atoms with Crippen LogP contribution >= 0.6 is 0 Å². The van der Waals surface area contributed by atoms with Crippen LogP contribution in [0.15, 0.2) is 73.1 Å². The van der Waals surface area contributed by atoms with Gasteiger partial charge in [0.05, 0.1) is 0 Å². The average Bonchev–Trinajstić information content (AvgIpc) is 3.24.